The lowest BCUT2D eigenvalue weighted by Gasteiger charge is -2.12. The molecule has 0 bridgehead atoms. The van der Waals surface area contributed by atoms with Gasteiger partial charge in [-0.15, -0.1) is 11.3 Å². The van der Waals surface area contributed by atoms with Gasteiger partial charge in [0.05, 0.1) is 6.04 Å². The second-order valence-electron chi connectivity index (χ2n) is 4.01. The molecule has 5 heteroatoms. The Hall–Kier alpha value is -1.88. The lowest BCUT2D eigenvalue weighted by molar-refractivity contribution is 0.0932. The molecule has 94 valence electrons. The summed E-state index contributed by atoms with van der Waals surface area (Å²) in [4.78, 5) is 18.1. The molecule has 4 nitrogen and oxygen atoms in total. The molecule has 2 aromatic heterocycles. The second-order valence-corrected chi connectivity index (χ2v) is 5.33. The van der Waals surface area contributed by atoms with Crippen LogP contribution in [0.1, 0.15) is 33.2 Å². The molecule has 0 unspecified atom stereocenters. The average Bonchev–Trinajstić information content (AvgIpc) is 2.76. The lowest BCUT2D eigenvalue weighted by Crippen LogP contribution is -2.26. The summed E-state index contributed by atoms with van der Waals surface area (Å²) in [6.07, 6.45) is 1.48. The maximum Gasteiger partial charge on any atom is 0.274 e. The van der Waals surface area contributed by atoms with Crippen molar-refractivity contribution in [2.45, 2.75) is 19.9 Å². The largest absolute Gasteiger partial charge is 0.505 e. The van der Waals surface area contributed by atoms with Crippen LogP contribution in [0.4, 0.5) is 0 Å². The Labute approximate surface area is 109 Å². The Bertz CT molecular complexity index is 566. The fraction of sp³-hybridized carbons (Fsp3) is 0.231. The summed E-state index contributed by atoms with van der Waals surface area (Å²) in [5.41, 5.74) is 0.0534. The van der Waals surface area contributed by atoms with Crippen molar-refractivity contribution in [2.24, 2.45) is 0 Å². The highest BCUT2D eigenvalue weighted by atomic mass is 32.1. The van der Waals surface area contributed by atoms with E-state index in [4.69, 9.17) is 0 Å². The smallest absolute Gasteiger partial charge is 0.274 e. The Morgan fingerprint density at radius 1 is 1.44 bits per heavy atom. The number of aromatic hydroxyl groups is 1. The van der Waals surface area contributed by atoms with Gasteiger partial charge in [-0.3, -0.25) is 4.79 Å². The fourth-order valence-electron chi connectivity index (χ4n) is 1.59. The van der Waals surface area contributed by atoms with Gasteiger partial charge >= 0.3 is 0 Å². The van der Waals surface area contributed by atoms with Crippen molar-refractivity contribution in [2.75, 3.05) is 0 Å². The van der Waals surface area contributed by atoms with E-state index in [0.717, 1.165) is 4.88 Å². The molecule has 0 aliphatic rings. The Balaban J connectivity index is 2.10. The minimum atomic E-state index is -0.369. The van der Waals surface area contributed by atoms with Crippen molar-refractivity contribution in [1.29, 1.82) is 0 Å². The number of aryl methyl sites for hydroxylation is 1. The zero-order valence-corrected chi connectivity index (χ0v) is 11.0. The molecule has 0 saturated heterocycles. The van der Waals surface area contributed by atoms with E-state index in [2.05, 4.69) is 10.3 Å². The number of amides is 1. The number of pyridine rings is 1. The number of aromatic nitrogens is 1. The van der Waals surface area contributed by atoms with Gasteiger partial charge in [-0.1, -0.05) is 0 Å². The molecule has 0 aliphatic heterocycles. The first kappa shape index (κ1) is 12.6. The molecule has 0 saturated carbocycles. The van der Waals surface area contributed by atoms with Gasteiger partial charge in [0.15, 0.2) is 5.69 Å². The summed E-state index contributed by atoms with van der Waals surface area (Å²) in [7, 11) is 0. The van der Waals surface area contributed by atoms with Crippen LogP contribution >= 0.6 is 11.3 Å². The third kappa shape index (κ3) is 2.68. The maximum atomic E-state index is 11.9. The zero-order valence-electron chi connectivity index (χ0n) is 10.2. The minimum Gasteiger partial charge on any atom is -0.505 e. The summed E-state index contributed by atoms with van der Waals surface area (Å²) < 4.78 is 0. The monoisotopic (exact) mass is 262 g/mol. The summed E-state index contributed by atoms with van der Waals surface area (Å²) in [5.74, 6) is -0.476. The molecule has 0 spiro atoms. The van der Waals surface area contributed by atoms with E-state index < -0.39 is 0 Å². The van der Waals surface area contributed by atoms with Crippen molar-refractivity contribution in [3.63, 3.8) is 0 Å². The fourth-order valence-corrected chi connectivity index (χ4v) is 2.47. The van der Waals surface area contributed by atoms with Crippen molar-refractivity contribution in [3.8, 4) is 5.75 Å². The number of hydrogen-bond acceptors (Lipinski definition) is 4. The van der Waals surface area contributed by atoms with Crippen LogP contribution in [0.15, 0.2) is 30.5 Å². The number of carbonyl (C=O) groups is 1. The van der Waals surface area contributed by atoms with Gasteiger partial charge in [-0.05, 0) is 38.1 Å². The average molecular weight is 262 g/mol. The minimum absolute atomic E-state index is 0.0534. The molecule has 0 aliphatic carbocycles. The Kier molecular flexibility index (Phi) is 3.62. The normalized spacial score (nSPS) is 12.1. The topological polar surface area (TPSA) is 62.2 Å². The molecule has 2 N–H and O–H groups in total. The van der Waals surface area contributed by atoms with Crippen LogP contribution in [-0.4, -0.2) is 16.0 Å². The summed E-state index contributed by atoms with van der Waals surface area (Å²) in [6, 6.07) is 6.93. The third-order valence-corrected chi connectivity index (χ3v) is 3.72. The van der Waals surface area contributed by atoms with E-state index in [1.165, 1.54) is 17.1 Å². The lowest BCUT2D eigenvalue weighted by atomic mass is 10.2. The highest BCUT2D eigenvalue weighted by Gasteiger charge is 2.16. The number of rotatable bonds is 3. The van der Waals surface area contributed by atoms with E-state index in [1.807, 2.05) is 26.0 Å². The van der Waals surface area contributed by atoms with Crippen LogP contribution in [0.5, 0.6) is 5.75 Å². The molecular formula is C13H14N2O2S. The molecule has 0 radical (unpaired) electrons. The van der Waals surface area contributed by atoms with E-state index in [9.17, 15) is 9.90 Å². The van der Waals surface area contributed by atoms with Crippen molar-refractivity contribution < 1.29 is 9.90 Å². The summed E-state index contributed by atoms with van der Waals surface area (Å²) in [6.45, 7) is 3.93. The highest BCUT2D eigenvalue weighted by Crippen LogP contribution is 2.23. The number of nitrogens with one attached hydrogen (secondary N) is 1. The van der Waals surface area contributed by atoms with E-state index in [1.54, 1.807) is 17.4 Å². The van der Waals surface area contributed by atoms with Crippen LogP contribution in [0.2, 0.25) is 0 Å². The van der Waals surface area contributed by atoms with Crippen molar-refractivity contribution in [1.82, 2.24) is 10.3 Å². The first-order valence-corrected chi connectivity index (χ1v) is 6.41. The molecule has 2 rings (SSSR count). The van der Waals surface area contributed by atoms with Gasteiger partial charge in [0.2, 0.25) is 0 Å². The van der Waals surface area contributed by atoms with Crippen molar-refractivity contribution >= 4 is 17.2 Å². The van der Waals surface area contributed by atoms with Crippen molar-refractivity contribution in [3.05, 3.63) is 45.9 Å². The molecule has 1 atom stereocenters. The predicted octanol–water partition coefficient (Wildman–Crippen LogP) is 2.65. The van der Waals surface area contributed by atoms with Gasteiger partial charge in [-0.2, -0.15) is 0 Å². The van der Waals surface area contributed by atoms with Crippen LogP contribution < -0.4 is 5.32 Å². The SMILES string of the molecule is Cc1ccc([C@H](C)NC(=O)c2ncccc2O)s1. The summed E-state index contributed by atoms with van der Waals surface area (Å²) in [5, 5.41) is 12.4. The standard InChI is InChI=1S/C13H14N2O2S/c1-8-5-6-11(18-8)9(2)15-13(17)12-10(16)4-3-7-14-12/h3-7,9,16H,1-2H3,(H,15,17)/t9-/m0/s1. The second kappa shape index (κ2) is 5.18. The molecule has 18 heavy (non-hydrogen) atoms. The van der Waals surface area contributed by atoms with Gasteiger partial charge in [0.1, 0.15) is 5.75 Å². The van der Waals surface area contributed by atoms with Gasteiger partial charge in [0, 0.05) is 16.0 Å². The zero-order chi connectivity index (χ0) is 13.1. The van der Waals surface area contributed by atoms with Crippen LogP contribution in [0.25, 0.3) is 0 Å². The number of hydrogen-bond donors (Lipinski definition) is 2. The molecular weight excluding hydrogens is 248 g/mol. The Morgan fingerprint density at radius 3 is 2.83 bits per heavy atom. The van der Waals surface area contributed by atoms with Crippen LogP contribution in [-0.2, 0) is 0 Å². The maximum absolute atomic E-state index is 11.9. The van der Waals surface area contributed by atoms with E-state index in [-0.39, 0.29) is 23.4 Å². The number of carbonyl (C=O) groups excluding carboxylic acids is 1. The van der Waals surface area contributed by atoms with Crippen LogP contribution in [0.3, 0.4) is 0 Å². The van der Waals surface area contributed by atoms with Gasteiger partial charge < -0.3 is 10.4 Å². The molecule has 2 aromatic rings. The summed E-state index contributed by atoms with van der Waals surface area (Å²) >= 11 is 1.64. The first-order chi connectivity index (χ1) is 8.58. The molecule has 2 heterocycles. The van der Waals surface area contributed by atoms with Crippen LogP contribution in [0, 0.1) is 6.92 Å². The van der Waals surface area contributed by atoms with E-state index in [0.29, 0.717) is 0 Å². The number of nitrogens with zero attached hydrogens (tertiary/aromatic N) is 1. The highest BCUT2D eigenvalue weighted by molar-refractivity contribution is 7.12. The molecule has 1 amide bonds. The van der Waals surface area contributed by atoms with Gasteiger partial charge in [-0.25, -0.2) is 4.98 Å². The first-order valence-electron chi connectivity index (χ1n) is 5.59. The van der Waals surface area contributed by atoms with Gasteiger partial charge in [0.25, 0.3) is 5.91 Å². The quantitative estimate of drug-likeness (QED) is 0.894. The Morgan fingerprint density at radius 2 is 2.22 bits per heavy atom. The molecule has 0 aromatic carbocycles. The molecule has 0 fully saturated rings. The predicted molar refractivity (Wildman–Crippen MR) is 70.8 cm³/mol. The third-order valence-electron chi connectivity index (χ3n) is 2.54. The number of thiophene rings is 1. The van der Waals surface area contributed by atoms with E-state index >= 15 is 0 Å².